The molecule has 0 saturated carbocycles. The van der Waals surface area contributed by atoms with Crippen LogP contribution in [0.2, 0.25) is 5.02 Å². The summed E-state index contributed by atoms with van der Waals surface area (Å²) in [7, 11) is -3.34. The van der Waals surface area contributed by atoms with E-state index in [4.69, 9.17) is 11.6 Å². The zero-order chi connectivity index (χ0) is 20.5. The summed E-state index contributed by atoms with van der Waals surface area (Å²) in [6.45, 7) is 6.42. The molecule has 4 nitrogen and oxygen atoms in total. The standard InChI is InChI=1S/C22H23ClN2O2S.CH4/c1-22(2,3)21-13-16(10-11-24-21)15-6-5-7-17(12-15)19-9-8-18(14-20(19)23)25-28(4,26)27;/h5-14,25H,1-4H3;1H4. The van der Waals surface area contributed by atoms with Crippen molar-refractivity contribution in [1.29, 1.82) is 0 Å². The van der Waals surface area contributed by atoms with E-state index < -0.39 is 10.0 Å². The van der Waals surface area contributed by atoms with E-state index in [1.165, 1.54) is 0 Å². The summed E-state index contributed by atoms with van der Waals surface area (Å²) in [6.07, 6.45) is 2.94. The average Bonchev–Trinajstić information content (AvgIpc) is 2.60. The summed E-state index contributed by atoms with van der Waals surface area (Å²) in [6, 6.07) is 17.4. The molecule has 6 heteroatoms. The van der Waals surface area contributed by atoms with Crippen LogP contribution in [0.25, 0.3) is 22.3 Å². The number of aromatic nitrogens is 1. The number of hydrogen-bond acceptors (Lipinski definition) is 3. The highest BCUT2D eigenvalue weighted by atomic mass is 35.5. The van der Waals surface area contributed by atoms with Gasteiger partial charge in [0.15, 0.2) is 0 Å². The number of benzene rings is 2. The van der Waals surface area contributed by atoms with E-state index in [9.17, 15) is 8.42 Å². The van der Waals surface area contributed by atoms with Crippen LogP contribution in [0.5, 0.6) is 0 Å². The summed E-state index contributed by atoms with van der Waals surface area (Å²) < 4.78 is 25.3. The maximum atomic E-state index is 11.4. The minimum absolute atomic E-state index is 0. The Morgan fingerprint density at radius 1 is 0.931 bits per heavy atom. The van der Waals surface area contributed by atoms with Gasteiger partial charge in [0, 0.05) is 28.6 Å². The Kier molecular flexibility index (Phi) is 6.76. The molecule has 3 aromatic rings. The van der Waals surface area contributed by atoms with Crippen molar-refractivity contribution in [3.63, 3.8) is 0 Å². The highest BCUT2D eigenvalue weighted by Gasteiger charge is 2.16. The summed E-state index contributed by atoms with van der Waals surface area (Å²) in [4.78, 5) is 4.49. The lowest BCUT2D eigenvalue weighted by atomic mass is 9.89. The van der Waals surface area contributed by atoms with Crippen LogP contribution >= 0.6 is 11.6 Å². The van der Waals surface area contributed by atoms with Gasteiger partial charge in [0.25, 0.3) is 0 Å². The Morgan fingerprint density at radius 3 is 2.21 bits per heavy atom. The molecule has 29 heavy (non-hydrogen) atoms. The van der Waals surface area contributed by atoms with Crippen LogP contribution < -0.4 is 4.72 Å². The van der Waals surface area contributed by atoms with Crippen molar-refractivity contribution in [1.82, 2.24) is 4.98 Å². The summed E-state index contributed by atoms with van der Waals surface area (Å²) >= 11 is 6.43. The Balaban J connectivity index is 0.00000300. The fraction of sp³-hybridized carbons (Fsp3) is 0.261. The molecule has 0 bridgehead atoms. The molecule has 0 aliphatic rings. The molecule has 0 radical (unpaired) electrons. The third-order valence-electron chi connectivity index (χ3n) is 4.31. The predicted molar refractivity (Wildman–Crippen MR) is 124 cm³/mol. The van der Waals surface area contributed by atoms with Crippen molar-refractivity contribution in [3.8, 4) is 22.3 Å². The van der Waals surface area contributed by atoms with Gasteiger partial charge in [-0.1, -0.05) is 64.1 Å². The second-order valence-electron chi connectivity index (χ2n) is 7.83. The molecule has 0 aliphatic heterocycles. The normalized spacial score (nSPS) is 11.6. The number of halogens is 1. The highest BCUT2D eigenvalue weighted by molar-refractivity contribution is 7.92. The Labute approximate surface area is 179 Å². The number of hydrogen-bond donors (Lipinski definition) is 1. The number of rotatable bonds is 4. The number of nitrogens with one attached hydrogen (secondary N) is 1. The first-order valence-corrected chi connectivity index (χ1v) is 11.1. The third kappa shape index (κ3) is 5.81. The first-order valence-electron chi connectivity index (χ1n) is 8.88. The smallest absolute Gasteiger partial charge is 0.229 e. The lowest BCUT2D eigenvalue weighted by Crippen LogP contribution is -2.13. The molecule has 3 rings (SSSR count). The monoisotopic (exact) mass is 430 g/mol. The van der Waals surface area contributed by atoms with Gasteiger partial charge in [-0.25, -0.2) is 8.42 Å². The first-order chi connectivity index (χ1) is 13.0. The topological polar surface area (TPSA) is 59.1 Å². The maximum absolute atomic E-state index is 11.4. The predicted octanol–water partition coefficient (Wildman–Crippen LogP) is 6.37. The second-order valence-corrected chi connectivity index (χ2v) is 9.99. The van der Waals surface area contributed by atoms with Crippen molar-refractivity contribution >= 4 is 27.3 Å². The van der Waals surface area contributed by atoms with Gasteiger partial charge in [0.05, 0.1) is 11.3 Å². The van der Waals surface area contributed by atoms with E-state index in [1.54, 1.807) is 12.1 Å². The van der Waals surface area contributed by atoms with E-state index in [-0.39, 0.29) is 12.8 Å². The van der Waals surface area contributed by atoms with Gasteiger partial charge in [-0.15, -0.1) is 0 Å². The lowest BCUT2D eigenvalue weighted by molar-refractivity contribution is 0.569. The third-order valence-corrected chi connectivity index (χ3v) is 5.23. The Bertz CT molecular complexity index is 1120. The molecule has 1 aromatic heterocycles. The van der Waals surface area contributed by atoms with Crippen molar-refractivity contribution in [3.05, 3.63) is 71.5 Å². The minimum atomic E-state index is -3.34. The number of anilines is 1. The van der Waals surface area contributed by atoms with Crippen molar-refractivity contribution in [2.45, 2.75) is 33.6 Å². The van der Waals surface area contributed by atoms with Crippen LogP contribution in [-0.2, 0) is 15.4 Å². The van der Waals surface area contributed by atoms with E-state index in [2.05, 4.69) is 48.7 Å². The fourth-order valence-corrected chi connectivity index (χ4v) is 3.76. The van der Waals surface area contributed by atoms with E-state index in [0.717, 1.165) is 34.2 Å². The molecular formula is C23H27ClN2O2S. The molecule has 0 saturated heterocycles. The second kappa shape index (κ2) is 8.56. The molecular weight excluding hydrogens is 404 g/mol. The minimum Gasteiger partial charge on any atom is -0.284 e. The molecule has 2 aromatic carbocycles. The molecule has 0 aliphatic carbocycles. The number of nitrogens with zero attached hydrogens (tertiary/aromatic N) is 1. The van der Waals surface area contributed by atoms with Gasteiger partial charge in [-0.3, -0.25) is 9.71 Å². The van der Waals surface area contributed by atoms with Gasteiger partial charge < -0.3 is 0 Å². The van der Waals surface area contributed by atoms with E-state index >= 15 is 0 Å². The van der Waals surface area contributed by atoms with E-state index in [0.29, 0.717) is 10.7 Å². The summed E-state index contributed by atoms with van der Waals surface area (Å²) in [5.41, 5.74) is 5.41. The van der Waals surface area contributed by atoms with Gasteiger partial charge in [0.1, 0.15) is 0 Å². The van der Waals surface area contributed by atoms with Crippen molar-refractivity contribution in [2.75, 3.05) is 11.0 Å². The maximum Gasteiger partial charge on any atom is 0.229 e. The van der Waals surface area contributed by atoms with Gasteiger partial charge in [0.2, 0.25) is 10.0 Å². The number of sulfonamides is 1. The van der Waals surface area contributed by atoms with Crippen LogP contribution in [0.1, 0.15) is 33.9 Å². The molecule has 0 amide bonds. The van der Waals surface area contributed by atoms with E-state index in [1.807, 2.05) is 30.5 Å². The molecule has 1 N–H and O–H groups in total. The molecule has 1 heterocycles. The lowest BCUT2D eigenvalue weighted by Gasteiger charge is -2.18. The SMILES string of the molecule is C.CC(C)(C)c1cc(-c2cccc(-c3ccc(NS(C)(=O)=O)cc3Cl)c2)ccn1. The first kappa shape index (κ1) is 22.9. The van der Waals surface area contributed by atoms with Crippen LogP contribution in [0, 0.1) is 0 Å². The Hall–Kier alpha value is -2.37. The largest absolute Gasteiger partial charge is 0.284 e. The van der Waals surface area contributed by atoms with Crippen LogP contribution in [0.15, 0.2) is 60.8 Å². The molecule has 0 fully saturated rings. The average molecular weight is 431 g/mol. The van der Waals surface area contributed by atoms with Crippen LogP contribution in [0.4, 0.5) is 5.69 Å². The molecule has 0 unspecified atom stereocenters. The van der Waals surface area contributed by atoms with Gasteiger partial charge >= 0.3 is 0 Å². The summed E-state index contributed by atoms with van der Waals surface area (Å²) in [5, 5.41) is 0.482. The van der Waals surface area contributed by atoms with Crippen LogP contribution in [0.3, 0.4) is 0 Å². The molecule has 0 atom stereocenters. The zero-order valence-electron chi connectivity index (χ0n) is 16.3. The summed E-state index contributed by atoms with van der Waals surface area (Å²) in [5.74, 6) is 0. The quantitative estimate of drug-likeness (QED) is 0.522. The van der Waals surface area contributed by atoms with Crippen molar-refractivity contribution in [2.24, 2.45) is 0 Å². The fourth-order valence-electron chi connectivity index (χ4n) is 2.91. The number of pyridine rings is 1. The van der Waals surface area contributed by atoms with Crippen molar-refractivity contribution < 1.29 is 8.42 Å². The zero-order valence-corrected chi connectivity index (χ0v) is 17.9. The van der Waals surface area contributed by atoms with Gasteiger partial charge in [-0.2, -0.15) is 0 Å². The molecule has 0 spiro atoms. The highest BCUT2D eigenvalue weighted by Crippen LogP contribution is 2.33. The molecule has 154 valence electrons. The Morgan fingerprint density at radius 2 is 1.59 bits per heavy atom. The van der Waals surface area contributed by atoms with Gasteiger partial charge in [-0.05, 0) is 47.0 Å². The van der Waals surface area contributed by atoms with Crippen LogP contribution in [-0.4, -0.2) is 19.7 Å².